The Kier molecular flexibility index (Phi) is 3.91. The van der Waals surface area contributed by atoms with Gasteiger partial charge in [0, 0.05) is 4.88 Å². The topological polar surface area (TPSA) is 97.1 Å². The number of carboxylic acids is 1. The van der Waals surface area contributed by atoms with Crippen molar-refractivity contribution in [1.82, 2.24) is 20.1 Å². The lowest BCUT2D eigenvalue weighted by molar-refractivity contribution is -0.142. The van der Waals surface area contributed by atoms with Crippen LogP contribution in [0.25, 0.3) is 0 Å². The second-order valence-corrected chi connectivity index (χ2v) is 4.83. The van der Waals surface area contributed by atoms with Crippen molar-refractivity contribution in [2.45, 2.75) is 19.0 Å². The Hall–Kier alpha value is -2.22. The van der Waals surface area contributed by atoms with E-state index < -0.39 is 24.0 Å². The molecule has 0 fully saturated rings. The quantitative estimate of drug-likeness (QED) is 0.846. The van der Waals surface area contributed by atoms with E-state index in [0.717, 1.165) is 0 Å². The number of thiophene rings is 1. The summed E-state index contributed by atoms with van der Waals surface area (Å²) in [6.07, 6.45) is 2.73. The first-order valence-corrected chi connectivity index (χ1v) is 6.38. The van der Waals surface area contributed by atoms with Crippen LogP contribution in [0.4, 0.5) is 0 Å². The minimum absolute atomic E-state index is 0.425. The number of amides is 1. The highest BCUT2D eigenvalue weighted by Gasteiger charge is 2.26. The largest absolute Gasteiger partial charge is 0.479 e. The molecule has 2 aromatic rings. The molecule has 2 N–H and O–H groups in total. The molecule has 0 saturated heterocycles. The molecule has 1 amide bonds. The van der Waals surface area contributed by atoms with Gasteiger partial charge in [0.15, 0.2) is 6.04 Å². The van der Waals surface area contributed by atoms with Gasteiger partial charge in [-0.1, -0.05) is 6.07 Å². The van der Waals surface area contributed by atoms with E-state index in [-0.39, 0.29) is 0 Å². The van der Waals surface area contributed by atoms with E-state index in [1.807, 2.05) is 0 Å². The summed E-state index contributed by atoms with van der Waals surface area (Å²) in [4.78, 5) is 27.5. The van der Waals surface area contributed by atoms with E-state index >= 15 is 0 Å². The molecule has 0 aliphatic heterocycles. The molecule has 0 radical (unpaired) electrons. The Balaban J connectivity index is 2.10. The first kappa shape index (κ1) is 13.2. The fourth-order valence-corrected chi connectivity index (χ4v) is 2.28. The predicted molar refractivity (Wildman–Crippen MR) is 67.6 cm³/mol. The van der Waals surface area contributed by atoms with Crippen LogP contribution in [0.3, 0.4) is 0 Å². The van der Waals surface area contributed by atoms with Crippen LogP contribution in [0.5, 0.6) is 0 Å². The van der Waals surface area contributed by atoms with Gasteiger partial charge in [0.25, 0.3) is 0 Å². The van der Waals surface area contributed by atoms with Crippen molar-refractivity contribution in [3.05, 3.63) is 35.0 Å². The number of carboxylic acid groups (broad SMARTS) is 1. The highest BCUT2D eigenvalue weighted by atomic mass is 32.1. The lowest BCUT2D eigenvalue weighted by Gasteiger charge is -2.16. The van der Waals surface area contributed by atoms with Gasteiger partial charge in [-0.05, 0) is 18.4 Å². The average Bonchev–Trinajstić information content (AvgIpc) is 3.06. The van der Waals surface area contributed by atoms with Crippen LogP contribution in [0.1, 0.15) is 23.9 Å². The summed E-state index contributed by atoms with van der Waals surface area (Å²) >= 11 is 1.28. The standard InChI is InChI=1S/C11H12N4O3S/c1-7(15-6-12-5-13-15)10(16)14-9(11(17)18)8-3-2-4-19-8/h2-7,9H,1H3,(H,14,16)(H,17,18). The molecule has 0 aliphatic rings. The summed E-state index contributed by atoms with van der Waals surface area (Å²) in [5, 5.41) is 17.3. The lowest BCUT2D eigenvalue weighted by Crippen LogP contribution is -2.37. The van der Waals surface area contributed by atoms with Crippen molar-refractivity contribution in [2.75, 3.05) is 0 Å². The maximum Gasteiger partial charge on any atom is 0.331 e. The Morgan fingerprint density at radius 2 is 2.32 bits per heavy atom. The summed E-state index contributed by atoms with van der Waals surface area (Å²) < 4.78 is 1.36. The summed E-state index contributed by atoms with van der Waals surface area (Å²) in [6.45, 7) is 1.62. The van der Waals surface area contributed by atoms with Gasteiger partial charge in [0.2, 0.25) is 5.91 Å². The molecule has 0 aliphatic carbocycles. The van der Waals surface area contributed by atoms with Gasteiger partial charge in [-0.3, -0.25) is 4.79 Å². The van der Waals surface area contributed by atoms with Crippen molar-refractivity contribution in [3.8, 4) is 0 Å². The number of carbonyl (C=O) groups is 2. The third kappa shape index (κ3) is 2.97. The van der Waals surface area contributed by atoms with Crippen LogP contribution in [0, 0.1) is 0 Å². The summed E-state index contributed by atoms with van der Waals surface area (Å²) in [7, 11) is 0. The second kappa shape index (κ2) is 5.61. The van der Waals surface area contributed by atoms with E-state index in [1.54, 1.807) is 24.4 Å². The Morgan fingerprint density at radius 3 is 2.84 bits per heavy atom. The van der Waals surface area contributed by atoms with Gasteiger partial charge >= 0.3 is 5.97 Å². The highest BCUT2D eigenvalue weighted by Crippen LogP contribution is 2.20. The molecule has 2 rings (SSSR count). The fraction of sp³-hybridized carbons (Fsp3) is 0.273. The van der Waals surface area contributed by atoms with Crippen LogP contribution in [0.2, 0.25) is 0 Å². The normalized spacial score (nSPS) is 13.7. The number of aliphatic carboxylic acids is 1. The molecular weight excluding hydrogens is 268 g/mol. The zero-order chi connectivity index (χ0) is 13.8. The molecule has 2 unspecified atom stereocenters. The van der Waals surface area contributed by atoms with Gasteiger partial charge < -0.3 is 10.4 Å². The van der Waals surface area contributed by atoms with Crippen LogP contribution in [-0.2, 0) is 9.59 Å². The molecular formula is C11H12N4O3S. The van der Waals surface area contributed by atoms with Gasteiger partial charge in [-0.25, -0.2) is 14.5 Å². The van der Waals surface area contributed by atoms with Crippen LogP contribution in [0.15, 0.2) is 30.2 Å². The highest BCUT2D eigenvalue weighted by molar-refractivity contribution is 7.10. The average molecular weight is 280 g/mol. The van der Waals surface area contributed by atoms with E-state index in [2.05, 4.69) is 15.4 Å². The minimum Gasteiger partial charge on any atom is -0.479 e. The van der Waals surface area contributed by atoms with Crippen molar-refractivity contribution >= 4 is 23.2 Å². The van der Waals surface area contributed by atoms with Crippen molar-refractivity contribution in [3.63, 3.8) is 0 Å². The van der Waals surface area contributed by atoms with Gasteiger partial charge in [0.05, 0.1) is 0 Å². The molecule has 2 aromatic heterocycles. The maximum atomic E-state index is 12.0. The summed E-state index contributed by atoms with van der Waals surface area (Å²) in [5.74, 6) is -1.52. The minimum atomic E-state index is -1.10. The van der Waals surface area contributed by atoms with Gasteiger partial charge in [0.1, 0.15) is 18.7 Å². The Labute approximate surface area is 112 Å². The third-order valence-corrected chi connectivity index (χ3v) is 3.51. The number of carbonyl (C=O) groups excluding carboxylic acids is 1. The lowest BCUT2D eigenvalue weighted by atomic mass is 10.2. The molecule has 0 spiro atoms. The number of nitrogens with one attached hydrogen (secondary N) is 1. The molecule has 0 saturated carbocycles. The van der Waals surface area contributed by atoms with Crippen LogP contribution >= 0.6 is 11.3 Å². The molecule has 2 atom stereocenters. The molecule has 7 nitrogen and oxygen atoms in total. The monoisotopic (exact) mass is 280 g/mol. The number of aromatic nitrogens is 3. The molecule has 8 heteroatoms. The van der Waals surface area contributed by atoms with Crippen LogP contribution in [-0.4, -0.2) is 31.7 Å². The zero-order valence-electron chi connectivity index (χ0n) is 10.1. The Bertz CT molecular complexity index is 553. The van der Waals surface area contributed by atoms with Crippen LogP contribution < -0.4 is 5.32 Å². The molecule has 0 bridgehead atoms. The first-order valence-electron chi connectivity index (χ1n) is 5.50. The Morgan fingerprint density at radius 1 is 1.53 bits per heavy atom. The van der Waals surface area contributed by atoms with Gasteiger partial charge in [-0.15, -0.1) is 11.3 Å². The van der Waals surface area contributed by atoms with Crippen molar-refractivity contribution in [2.24, 2.45) is 0 Å². The number of hydrogen-bond donors (Lipinski definition) is 2. The molecule has 100 valence electrons. The predicted octanol–water partition coefficient (Wildman–Crippen LogP) is 0.843. The second-order valence-electron chi connectivity index (χ2n) is 3.85. The third-order valence-electron chi connectivity index (χ3n) is 2.57. The zero-order valence-corrected chi connectivity index (χ0v) is 10.9. The molecule has 19 heavy (non-hydrogen) atoms. The number of hydrogen-bond acceptors (Lipinski definition) is 5. The van der Waals surface area contributed by atoms with E-state index in [4.69, 9.17) is 5.11 Å². The van der Waals surface area contributed by atoms with E-state index in [1.165, 1.54) is 28.7 Å². The summed E-state index contributed by atoms with van der Waals surface area (Å²) in [5.41, 5.74) is 0. The number of rotatable bonds is 5. The van der Waals surface area contributed by atoms with Crippen molar-refractivity contribution < 1.29 is 14.7 Å². The summed E-state index contributed by atoms with van der Waals surface area (Å²) in [6, 6.07) is 1.75. The number of nitrogens with zero attached hydrogens (tertiary/aromatic N) is 3. The SMILES string of the molecule is CC(C(=O)NC(C(=O)O)c1cccs1)n1cncn1. The maximum absolute atomic E-state index is 12.0. The fourth-order valence-electron chi connectivity index (χ4n) is 1.51. The van der Waals surface area contributed by atoms with E-state index in [0.29, 0.717) is 4.88 Å². The van der Waals surface area contributed by atoms with E-state index in [9.17, 15) is 9.59 Å². The van der Waals surface area contributed by atoms with Gasteiger partial charge in [-0.2, -0.15) is 5.10 Å². The first-order chi connectivity index (χ1) is 9.09. The van der Waals surface area contributed by atoms with Crippen molar-refractivity contribution in [1.29, 1.82) is 0 Å². The molecule has 2 heterocycles. The molecule has 0 aromatic carbocycles. The smallest absolute Gasteiger partial charge is 0.331 e.